The summed E-state index contributed by atoms with van der Waals surface area (Å²) in [6.07, 6.45) is 18.3. The van der Waals surface area contributed by atoms with E-state index in [4.69, 9.17) is 5.73 Å². The maximum atomic E-state index is 13.3. The van der Waals surface area contributed by atoms with Crippen molar-refractivity contribution in [3.63, 3.8) is 0 Å². The third-order valence-corrected chi connectivity index (χ3v) is 11.7. The van der Waals surface area contributed by atoms with E-state index in [1.807, 2.05) is 0 Å². The van der Waals surface area contributed by atoms with Crippen LogP contribution < -0.4 is 16.0 Å². The first-order chi connectivity index (χ1) is 24.7. The Bertz CT molecular complexity index is 2190. The molecule has 3 atom stereocenters. The van der Waals surface area contributed by atoms with Crippen molar-refractivity contribution in [1.82, 2.24) is 5.32 Å². The SMILES string of the molecule is CCC12CCCC(=O)NC(N)C(=O)CCCC3(C)C(=[N+](C)c4ccc5ccccc5c43)/C=C/C=C/C=C/C=C\1N(C)c1ccc3ccccc3c12. The number of nitrogens with two attached hydrogens (primary N) is 1. The maximum absolute atomic E-state index is 13.3. The zero-order chi connectivity index (χ0) is 35.8. The zero-order valence-corrected chi connectivity index (χ0v) is 30.3. The number of carbonyl (C=O) groups is 2. The summed E-state index contributed by atoms with van der Waals surface area (Å²) < 4.78 is 2.29. The summed E-state index contributed by atoms with van der Waals surface area (Å²) >= 11 is 0. The molecule has 260 valence electrons. The fraction of sp³-hybridized carbons (Fsp3) is 0.311. The van der Waals surface area contributed by atoms with E-state index in [2.05, 4.69) is 158 Å². The van der Waals surface area contributed by atoms with Crippen LogP contribution in [0, 0.1) is 0 Å². The number of anilines is 1. The summed E-state index contributed by atoms with van der Waals surface area (Å²) in [5.41, 5.74) is 13.1. The van der Waals surface area contributed by atoms with Crippen molar-refractivity contribution in [2.75, 3.05) is 19.0 Å². The van der Waals surface area contributed by atoms with Gasteiger partial charge in [-0.2, -0.15) is 4.58 Å². The minimum absolute atomic E-state index is 0.138. The number of nitrogens with zero attached hydrogens (tertiary/aromatic N) is 2. The highest BCUT2D eigenvalue weighted by Crippen LogP contribution is 2.54. The molecule has 0 radical (unpaired) electrons. The number of hydrogen-bond donors (Lipinski definition) is 2. The highest BCUT2D eigenvalue weighted by atomic mass is 16.2. The molecule has 3 unspecified atom stereocenters. The number of likely N-dealkylation sites (N-methyl/N-ethyl adjacent to an activating group) is 1. The van der Waals surface area contributed by atoms with E-state index in [1.165, 1.54) is 55.5 Å². The van der Waals surface area contributed by atoms with Crippen molar-refractivity contribution in [2.45, 2.75) is 75.8 Å². The minimum Gasteiger partial charge on any atom is -0.347 e. The molecular weight excluding hydrogens is 629 g/mol. The van der Waals surface area contributed by atoms with Gasteiger partial charge in [0.15, 0.2) is 11.5 Å². The third kappa shape index (κ3) is 5.95. The highest BCUT2D eigenvalue weighted by molar-refractivity contribution is 6.08. The topological polar surface area (TPSA) is 78.4 Å². The fourth-order valence-corrected chi connectivity index (χ4v) is 9.11. The number of Topliss-reactive ketones (excluding diaryl/α,β-unsaturated/α-hetero) is 1. The first-order valence-electron chi connectivity index (χ1n) is 18.4. The summed E-state index contributed by atoms with van der Waals surface area (Å²) in [5.74, 6) is -0.319. The van der Waals surface area contributed by atoms with Gasteiger partial charge < -0.3 is 16.0 Å². The lowest BCUT2D eigenvalue weighted by molar-refractivity contribution is -0.401. The van der Waals surface area contributed by atoms with E-state index in [1.54, 1.807) is 0 Å². The summed E-state index contributed by atoms with van der Waals surface area (Å²) in [6, 6.07) is 25.9. The molecule has 0 saturated carbocycles. The van der Waals surface area contributed by atoms with Gasteiger partial charge in [0.05, 0.1) is 5.41 Å². The van der Waals surface area contributed by atoms with Crippen molar-refractivity contribution in [1.29, 1.82) is 0 Å². The molecule has 3 aliphatic heterocycles. The Morgan fingerprint density at radius 3 is 2.22 bits per heavy atom. The van der Waals surface area contributed by atoms with Gasteiger partial charge in [0, 0.05) is 54.4 Å². The molecule has 4 aromatic rings. The first-order valence-corrected chi connectivity index (χ1v) is 18.4. The van der Waals surface area contributed by atoms with Crippen LogP contribution in [0.2, 0.25) is 0 Å². The van der Waals surface area contributed by atoms with Crippen molar-refractivity contribution in [3.05, 3.63) is 132 Å². The number of carbonyl (C=O) groups excluding carboxylic acids is 2. The number of benzene rings is 4. The van der Waals surface area contributed by atoms with Gasteiger partial charge >= 0.3 is 0 Å². The Kier molecular flexibility index (Phi) is 9.38. The number of rotatable bonds is 1. The molecule has 6 nitrogen and oxygen atoms in total. The molecule has 3 aliphatic rings. The highest BCUT2D eigenvalue weighted by Gasteiger charge is 2.48. The summed E-state index contributed by atoms with van der Waals surface area (Å²) in [5, 5.41) is 7.73. The van der Waals surface area contributed by atoms with E-state index >= 15 is 0 Å². The van der Waals surface area contributed by atoms with Crippen LogP contribution in [-0.4, -0.2) is 42.2 Å². The van der Waals surface area contributed by atoms with Gasteiger partial charge in [-0.25, -0.2) is 0 Å². The van der Waals surface area contributed by atoms with Gasteiger partial charge in [0.1, 0.15) is 13.2 Å². The number of fused-ring (bicyclic) bond motifs is 10. The molecule has 0 fully saturated rings. The molecule has 51 heavy (non-hydrogen) atoms. The second-order valence-electron chi connectivity index (χ2n) is 14.5. The molecule has 0 bridgehead atoms. The predicted molar refractivity (Wildman–Crippen MR) is 211 cm³/mol. The molecule has 3 heterocycles. The Labute approximate surface area is 301 Å². The number of amides is 1. The first kappa shape index (κ1) is 34.4. The van der Waals surface area contributed by atoms with Crippen LogP contribution in [0.3, 0.4) is 0 Å². The van der Waals surface area contributed by atoms with Crippen LogP contribution in [0.5, 0.6) is 0 Å². The Balaban J connectivity index is 1.27. The fourth-order valence-electron chi connectivity index (χ4n) is 9.11. The molecule has 0 spiro atoms. The van der Waals surface area contributed by atoms with Crippen LogP contribution in [-0.2, 0) is 20.4 Å². The Hall–Kier alpha value is -5.07. The van der Waals surface area contributed by atoms with Gasteiger partial charge in [-0.1, -0.05) is 91.9 Å². The van der Waals surface area contributed by atoms with Gasteiger partial charge in [0.25, 0.3) is 0 Å². The average molecular weight is 678 g/mol. The molecule has 4 aromatic carbocycles. The number of nitrogens with one attached hydrogen (secondary N) is 1. The molecule has 7 rings (SSSR count). The minimum atomic E-state index is -1.02. The number of allylic oxidation sites excluding steroid dienone is 8. The predicted octanol–water partition coefficient (Wildman–Crippen LogP) is 8.65. The smallest absolute Gasteiger partial charge is 0.221 e. The van der Waals surface area contributed by atoms with Crippen LogP contribution in [0.4, 0.5) is 11.4 Å². The lowest BCUT2D eigenvalue weighted by atomic mass is 9.71. The average Bonchev–Trinajstić information content (AvgIpc) is 3.50. The van der Waals surface area contributed by atoms with Gasteiger partial charge in [-0.15, -0.1) is 0 Å². The zero-order valence-electron chi connectivity index (χ0n) is 30.3. The van der Waals surface area contributed by atoms with Crippen molar-refractivity contribution in [3.8, 4) is 0 Å². The normalized spacial score (nSPS) is 27.4. The quantitative estimate of drug-likeness (QED) is 0.198. The molecule has 0 aliphatic carbocycles. The number of ketones is 1. The Morgan fingerprint density at radius 2 is 1.47 bits per heavy atom. The second-order valence-corrected chi connectivity index (χ2v) is 14.5. The summed E-state index contributed by atoms with van der Waals surface area (Å²) in [6.45, 7) is 4.54. The van der Waals surface area contributed by atoms with Gasteiger partial charge in [-0.05, 0) is 84.3 Å². The van der Waals surface area contributed by atoms with Gasteiger partial charge in [0.2, 0.25) is 11.6 Å². The van der Waals surface area contributed by atoms with E-state index < -0.39 is 6.17 Å². The lowest BCUT2D eigenvalue weighted by Gasteiger charge is -2.32. The monoisotopic (exact) mass is 677 g/mol. The van der Waals surface area contributed by atoms with Crippen LogP contribution in [0.1, 0.15) is 69.9 Å². The largest absolute Gasteiger partial charge is 0.347 e. The lowest BCUT2D eigenvalue weighted by Crippen LogP contribution is -2.47. The van der Waals surface area contributed by atoms with Crippen LogP contribution >= 0.6 is 0 Å². The van der Waals surface area contributed by atoms with Crippen molar-refractivity contribution >= 4 is 50.3 Å². The van der Waals surface area contributed by atoms with E-state index in [-0.39, 0.29) is 22.5 Å². The van der Waals surface area contributed by atoms with Crippen LogP contribution in [0.25, 0.3) is 21.5 Å². The van der Waals surface area contributed by atoms with E-state index in [0.29, 0.717) is 25.7 Å². The van der Waals surface area contributed by atoms with E-state index in [9.17, 15) is 9.59 Å². The van der Waals surface area contributed by atoms with Crippen molar-refractivity contribution in [2.24, 2.45) is 5.73 Å². The Morgan fingerprint density at radius 1 is 0.824 bits per heavy atom. The molecular formula is C45H49N4O2+. The summed E-state index contributed by atoms with van der Waals surface area (Å²) in [4.78, 5) is 28.9. The second kappa shape index (κ2) is 13.9. The summed E-state index contributed by atoms with van der Waals surface area (Å²) in [7, 11) is 4.28. The van der Waals surface area contributed by atoms with Crippen molar-refractivity contribution < 1.29 is 14.2 Å². The molecule has 6 heteroatoms. The number of hydrogen-bond acceptors (Lipinski definition) is 4. The van der Waals surface area contributed by atoms with E-state index in [0.717, 1.165) is 19.3 Å². The van der Waals surface area contributed by atoms with Crippen LogP contribution in [0.15, 0.2) is 121 Å². The third-order valence-electron chi connectivity index (χ3n) is 11.7. The maximum Gasteiger partial charge on any atom is 0.221 e. The molecule has 3 N–H and O–H groups in total. The molecule has 1 amide bonds. The molecule has 0 aromatic heterocycles. The molecule has 0 saturated heterocycles. The standard InChI is InChI=1S/C45H48N4O2/c1-5-45-30-16-24-40(51)47-43(46)37(50)21-15-29-44(2)38(48(3)35-27-25-31-17-11-13-19-33(31)41(35)44)22-9-7-6-8-10-23-39(45)49(4)36-28-26-32-18-12-14-20-34(32)42(36)45/h6-14,17-20,22-23,25-28,43H,5,15-16,21,24,29-30,46H2,1-4H3/p+1. The van der Waals surface area contributed by atoms with Gasteiger partial charge in [-0.3, -0.25) is 9.59 Å².